The molecule has 0 saturated heterocycles. The van der Waals surface area contributed by atoms with E-state index in [1.165, 1.54) is 0 Å². The Morgan fingerprint density at radius 1 is 1.32 bits per heavy atom. The Kier molecular flexibility index (Phi) is 5.22. The van der Waals surface area contributed by atoms with Gasteiger partial charge in [0.15, 0.2) is 5.78 Å². The van der Waals surface area contributed by atoms with Gasteiger partial charge in [0.25, 0.3) is 0 Å². The zero-order valence-corrected chi connectivity index (χ0v) is 12.5. The molecule has 0 fully saturated rings. The van der Waals surface area contributed by atoms with Gasteiger partial charge >= 0.3 is 0 Å². The number of ketones is 1. The van der Waals surface area contributed by atoms with E-state index >= 15 is 0 Å². The molecule has 0 aromatic heterocycles. The Morgan fingerprint density at radius 3 is 2.37 bits per heavy atom. The summed E-state index contributed by atoms with van der Waals surface area (Å²) in [6.07, 6.45) is 1.96. The molecule has 0 spiro atoms. The van der Waals surface area contributed by atoms with E-state index in [1.54, 1.807) is 6.08 Å². The molecule has 0 aliphatic heterocycles. The molecule has 1 nitrogen and oxygen atoms in total. The summed E-state index contributed by atoms with van der Waals surface area (Å²) < 4.78 is 0. The minimum absolute atomic E-state index is 0.0616. The van der Waals surface area contributed by atoms with E-state index in [0.29, 0.717) is 17.8 Å². The Morgan fingerprint density at radius 2 is 1.89 bits per heavy atom. The van der Waals surface area contributed by atoms with Gasteiger partial charge in [0.05, 0.1) is 0 Å². The summed E-state index contributed by atoms with van der Waals surface area (Å²) in [5.74, 6) is 0.384. The predicted octanol–water partition coefficient (Wildman–Crippen LogP) is 1.78. The van der Waals surface area contributed by atoms with Crippen molar-refractivity contribution < 1.29 is 4.79 Å². The Labute approximate surface area is 119 Å². The van der Waals surface area contributed by atoms with Crippen molar-refractivity contribution in [1.29, 1.82) is 0 Å². The molecule has 0 saturated carbocycles. The lowest BCUT2D eigenvalue weighted by Gasteiger charge is -2.19. The van der Waals surface area contributed by atoms with Crippen LogP contribution < -0.4 is 10.9 Å². The van der Waals surface area contributed by atoms with Crippen LogP contribution in [0.3, 0.4) is 0 Å². The van der Waals surface area contributed by atoms with Crippen molar-refractivity contribution in [3.05, 3.63) is 34.4 Å². The quantitative estimate of drug-likeness (QED) is 0.588. The van der Waals surface area contributed by atoms with Crippen LogP contribution in [0.4, 0.5) is 0 Å². The minimum atomic E-state index is 0.0616. The van der Waals surface area contributed by atoms with E-state index in [1.807, 2.05) is 26.8 Å². The van der Waals surface area contributed by atoms with Crippen LogP contribution in [0, 0.1) is 6.92 Å². The van der Waals surface area contributed by atoms with E-state index in [0.717, 1.165) is 27.7 Å². The zero-order chi connectivity index (χ0) is 14.7. The Bertz CT molecular complexity index is 524. The summed E-state index contributed by atoms with van der Waals surface area (Å²) in [6.45, 7) is 9.91. The van der Waals surface area contributed by atoms with Crippen LogP contribution in [0.15, 0.2) is 17.7 Å². The van der Waals surface area contributed by atoms with E-state index in [4.69, 9.17) is 15.7 Å². The number of hydrogen-bond donors (Lipinski definition) is 0. The number of carbonyl (C=O) groups excluding carboxylic acids is 1. The summed E-state index contributed by atoms with van der Waals surface area (Å²) in [5.41, 5.74) is 5.24. The number of hydrogen-bond acceptors (Lipinski definition) is 1. The summed E-state index contributed by atoms with van der Waals surface area (Å²) in [4.78, 5) is 11.9. The second-order valence-corrected chi connectivity index (χ2v) is 5.59. The van der Waals surface area contributed by atoms with Gasteiger partial charge in [0.2, 0.25) is 0 Å². The average Bonchev–Trinajstić information content (AvgIpc) is 2.28. The van der Waals surface area contributed by atoms with Crippen LogP contribution in [0.1, 0.15) is 50.3 Å². The number of carbonyl (C=O) groups is 1. The van der Waals surface area contributed by atoms with Crippen molar-refractivity contribution >= 4 is 32.4 Å². The molecule has 19 heavy (non-hydrogen) atoms. The summed E-state index contributed by atoms with van der Waals surface area (Å²) in [7, 11) is 12.2. The highest BCUT2D eigenvalue weighted by molar-refractivity contribution is 6.38. The maximum Gasteiger partial charge on any atom is 0.159 e. The van der Waals surface area contributed by atoms with Gasteiger partial charge in [-0.25, -0.2) is 0 Å². The molecule has 0 heterocycles. The lowest BCUT2D eigenvalue weighted by molar-refractivity contribution is -0.114. The highest BCUT2D eigenvalue weighted by Crippen LogP contribution is 2.15. The molecule has 0 amide bonds. The van der Waals surface area contributed by atoms with E-state index < -0.39 is 0 Å². The first-order chi connectivity index (χ1) is 8.73. The van der Waals surface area contributed by atoms with Crippen LogP contribution in [-0.4, -0.2) is 21.5 Å². The molecule has 4 radical (unpaired) electrons. The fourth-order valence-electron chi connectivity index (χ4n) is 2.19. The molecule has 1 aromatic carbocycles. The maximum absolute atomic E-state index is 11.9. The van der Waals surface area contributed by atoms with Crippen LogP contribution in [0.5, 0.6) is 0 Å². The van der Waals surface area contributed by atoms with Gasteiger partial charge in [-0.1, -0.05) is 47.5 Å². The fourth-order valence-corrected chi connectivity index (χ4v) is 2.19. The molecule has 0 atom stereocenters. The van der Waals surface area contributed by atoms with Gasteiger partial charge in [0, 0.05) is 6.42 Å². The molecule has 1 aromatic rings. The molecular weight excluding hydrogens is 230 g/mol. The van der Waals surface area contributed by atoms with Crippen molar-refractivity contribution in [2.24, 2.45) is 0 Å². The second-order valence-electron chi connectivity index (χ2n) is 5.59. The molecule has 96 valence electrons. The first kappa shape index (κ1) is 15.8. The third kappa shape index (κ3) is 3.86. The van der Waals surface area contributed by atoms with Gasteiger partial charge in [-0.05, 0) is 38.3 Å². The molecule has 1 rings (SSSR count). The van der Waals surface area contributed by atoms with Gasteiger partial charge in [0.1, 0.15) is 15.7 Å². The lowest BCUT2D eigenvalue weighted by Crippen LogP contribution is -2.27. The first-order valence-electron chi connectivity index (χ1n) is 6.59. The van der Waals surface area contributed by atoms with Crippen LogP contribution in [0.2, 0.25) is 0 Å². The second kappa shape index (κ2) is 6.27. The van der Waals surface area contributed by atoms with Gasteiger partial charge in [-0.3, -0.25) is 4.79 Å². The normalized spacial score (nSPS) is 10.6. The highest BCUT2D eigenvalue weighted by Gasteiger charge is 2.13. The first-order valence-corrected chi connectivity index (χ1v) is 6.59. The molecular formula is C16H20B2O. The monoisotopic (exact) mass is 250 g/mol. The van der Waals surface area contributed by atoms with Crippen molar-refractivity contribution in [3.63, 3.8) is 0 Å². The van der Waals surface area contributed by atoms with Crippen LogP contribution in [0.25, 0.3) is 0 Å². The average molecular weight is 250 g/mol. The molecule has 0 N–H and O–H groups in total. The topological polar surface area (TPSA) is 17.1 Å². The highest BCUT2D eigenvalue weighted by atomic mass is 16.1. The standard InChI is InChI=1S/C16H20B2O/c1-9(2)6-12(19)7-14-11(5)16(18)13(10(3)4)8-15(14)17/h6,8,10H,7H2,1-5H3. The van der Waals surface area contributed by atoms with E-state index in [-0.39, 0.29) is 5.78 Å². The number of benzene rings is 1. The summed E-state index contributed by atoms with van der Waals surface area (Å²) in [6, 6.07) is 1.90. The third-order valence-corrected chi connectivity index (χ3v) is 3.25. The van der Waals surface area contributed by atoms with Gasteiger partial charge in [-0.2, -0.15) is 0 Å². The Hall–Kier alpha value is -1.24. The van der Waals surface area contributed by atoms with Gasteiger partial charge < -0.3 is 0 Å². The molecule has 0 aliphatic carbocycles. The van der Waals surface area contributed by atoms with Crippen LogP contribution in [-0.2, 0) is 11.2 Å². The molecule has 0 aliphatic rings. The molecule has 0 bridgehead atoms. The van der Waals surface area contributed by atoms with Crippen molar-refractivity contribution in [1.82, 2.24) is 0 Å². The van der Waals surface area contributed by atoms with Crippen LogP contribution >= 0.6 is 0 Å². The SMILES string of the molecule is [B]c1cc(C(C)C)c([B])c(C)c1CC(=O)C=C(C)C. The molecule has 0 unspecified atom stereocenters. The van der Waals surface area contributed by atoms with Crippen molar-refractivity contribution in [2.45, 2.75) is 47.0 Å². The lowest BCUT2D eigenvalue weighted by atomic mass is 9.74. The fraction of sp³-hybridized carbons (Fsp3) is 0.438. The van der Waals surface area contributed by atoms with E-state index in [9.17, 15) is 4.79 Å². The summed E-state index contributed by atoms with van der Waals surface area (Å²) >= 11 is 0. The summed E-state index contributed by atoms with van der Waals surface area (Å²) in [5, 5.41) is 0. The third-order valence-electron chi connectivity index (χ3n) is 3.25. The zero-order valence-electron chi connectivity index (χ0n) is 12.5. The smallest absolute Gasteiger partial charge is 0.159 e. The molecule has 3 heteroatoms. The maximum atomic E-state index is 11.9. The largest absolute Gasteiger partial charge is 0.294 e. The minimum Gasteiger partial charge on any atom is -0.294 e. The Balaban J connectivity index is 3.20. The van der Waals surface area contributed by atoms with Crippen molar-refractivity contribution in [2.75, 3.05) is 0 Å². The number of rotatable bonds is 4. The van der Waals surface area contributed by atoms with Gasteiger partial charge in [-0.15, -0.1) is 0 Å². The number of allylic oxidation sites excluding steroid dienone is 2. The van der Waals surface area contributed by atoms with Crippen molar-refractivity contribution in [3.8, 4) is 0 Å². The van der Waals surface area contributed by atoms with E-state index in [2.05, 4.69) is 13.8 Å². The predicted molar refractivity (Wildman–Crippen MR) is 84.2 cm³/mol.